The second-order valence-electron chi connectivity index (χ2n) is 7.75. The summed E-state index contributed by atoms with van der Waals surface area (Å²) in [6, 6.07) is 24.2. The van der Waals surface area contributed by atoms with Gasteiger partial charge in [-0.2, -0.15) is 0 Å². The number of quaternary nitrogens is 1. The first-order valence-electron chi connectivity index (χ1n) is 10.2. The maximum absolute atomic E-state index is 13.3. The zero-order valence-corrected chi connectivity index (χ0v) is 17.6. The van der Waals surface area contributed by atoms with Crippen LogP contribution in [0.3, 0.4) is 0 Å². The number of aromatic nitrogens is 2. The molecule has 0 aliphatic carbocycles. The van der Waals surface area contributed by atoms with Gasteiger partial charge in [0.25, 0.3) is 11.5 Å². The van der Waals surface area contributed by atoms with E-state index < -0.39 is 6.04 Å². The van der Waals surface area contributed by atoms with Gasteiger partial charge in [-0.3, -0.25) is 9.59 Å². The fraction of sp³-hybridized carbons (Fsp3) is 0.160. The second kappa shape index (κ2) is 8.93. The molecule has 2 atom stereocenters. The lowest BCUT2D eigenvalue weighted by molar-refractivity contribution is -0.916. The molecular weight excluding hydrogens is 388 g/mol. The molecular formula is C25H25N4O2+. The summed E-state index contributed by atoms with van der Waals surface area (Å²) in [5.74, 6) is 0.431. The van der Waals surface area contributed by atoms with E-state index in [9.17, 15) is 9.59 Å². The second-order valence-corrected chi connectivity index (χ2v) is 7.75. The molecule has 0 saturated carbocycles. The number of aromatic amines is 1. The van der Waals surface area contributed by atoms with Crippen LogP contribution in [-0.2, 0) is 11.3 Å². The van der Waals surface area contributed by atoms with Crippen molar-refractivity contribution >= 4 is 22.5 Å². The third-order valence-corrected chi connectivity index (χ3v) is 5.32. The number of rotatable bonds is 6. The van der Waals surface area contributed by atoms with Crippen LogP contribution >= 0.6 is 0 Å². The molecule has 1 heterocycles. The van der Waals surface area contributed by atoms with Crippen LogP contribution in [0.15, 0.2) is 83.7 Å². The summed E-state index contributed by atoms with van der Waals surface area (Å²) < 4.78 is 0. The number of anilines is 1. The minimum absolute atomic E-state index is 0.115. The van der Waals surface area contributed by atoms with Gasteiger partial charge in [0.2, 0.25) is 0 Å². The van der Waals surface area contributed by atoms with Gasteiger partial charge in [0, 0.05) is 11.3 Å². The predicted octanol–water partition coefficient (Wildman–Crippen LogP) is 2.63. The first-order chi connectivity index (χ1) is 15.0. The third-order valence-electron chi connectivity index (χ3n) is 5.32. The molecule has 0 saturated heterocycles. The highest BCUT2D eigenvalue weighted by Crippen LogP contribution is 2.15. The average molecular weight is 414 g/mol. The Kier molecular flexibility index (Phi) is 5.91. The van der Waals surface area contributed by atoms with E-state index in [4.69, 9.17) is 0 Å². The van der Waals surface area contributed by atoms with Crippen LogP contribution < -0.4 is 15.8 Å². The number of amides is 1. The molecule has 3 aromatic carbocycles. The van der Waals surface area contributed by atoms with Crippen molar-refractivity contribution in [2.24, 2.45) is 0 Å². The number of hydrogen-bond donors (Lipinski definition) is 3. The lowest BCUT2D eigenvalue weighted by Crippen LogP contribution is -3.09. The van der Waals surface area contributed by atoms with Crippen LogP contribution in [-0.4, -0.2) is 22.9 Å². The molecule has 1 amide bonds. The minimum atomic E-state index is -0.473. The van der Waals surface area contributed by atoms with Crippen LogP contribution in [0.25, 0.3) is 10.9 Å². The van der Waals surface area contributed by atoms with E-state index >= 15 is 0 Å². The molecule has 6 heteroatoms. The van der Waals surface area contributed by atoms with E-state index in [0.29, 0.717) is 23.3 Å². The van der Waals surface area contributed by atoms with Crippen LogP contribution in [0.5, 0.6) is 0 Å². The van der Waals surface area contributed by atoms with Crippen LogP contribution in [0.4, 0.5) is 5.69 Å². The van der Waals surface area contributed by atoms with Gasteiger partial charge in [-0.05, 0) is 31.2 Å². The Morgan fingerprint density at radius 3 is 2.42 bits per heavy atom. The summed E-state index contributed by atoms with van der Waals surface area (Å²) in [4.78, 5) is 34.1. The van der Waals surface area contributed by atoms with Gasteiger partial charge in [-0.25, -0.2) is 4.98 Å². The molecule has 0 radical (unpaired) electrons. The first kappa shape index (κ1) is 20.5. The first-order valence-corrected chi connectivity index (χ1v) is 10.2. The van der Waals surface area contributed by atoms with E-state index in [0.717, 1.165) is 21.7 Å². The van der Waals surface area contributed by atoms with Gasteiger partial charge in [-0.1, -0.05) is 60.2 Å². The maximum Gasteiger partial charge on any atom is 0.287 e. The molecule has 1 unspecified atom stereocenters. The van der Waals surface area contributed by atoms with E-state index in [1.54, 1.807) is 6.07 Å². The molecule has 4 aromatic rings. The maximum atomic E-state index is 13.3. The van der Waals surface area contributed by atoms with Crippen molar-refractivity contribution in [3.05, 3.63) is 106 Å². The molecule has 1 aromatic heterocycles. The molecule has 0 fully saturated rings. The number of fused-ring (bicyclic) bond motifs is 1. The molecule has 0 spiro atoms. The summed E-state index contributed by atoms with van der Waals surface area (Å²) in [6.07, 6.45) is 0. The van der Waals surface area contributed by atoms with Gasteiger partial charge in [0.1, 0.15) is 6.54 Å². The van der Waals surface area contributed by atoms with Crippen molar-refractivity contribution in [1.82, 2.24) is 9.97 Å². The Morgan fingerprint density at radius 1 is 1.00 bits per heavy atom. The lowest BCUT2D eigenvalue weighted by atomic mass is 10.0. The fourth-order valence-electron chi connectivity index (χ4n) is 3.74. The Hall–Kier alpha value is -3.77. The quantitative estimate of drug-likeness (QED) is 0.455. The molecule has 156 valence electrons. The predicted molar refractivity (Wildman–Crippen MR) is 122 cm³/mol. The van der Waals surface area contributed by atoms with Crippen molar-refractivity contribution in [3.63, 3.8) is 0 Å². The van der Waals surface area contributed by atoms with Crippen molar-refractivity contribution in [1.29, 1.82) is 0 Å². The summed E-state index contributed by atoms with van der Waals surface area (Å²) in [6.45, 7) is 2.40. The Bertz CT molecular complexity index is 1250. The van der Waals surface area contributed by atoms with Crippen molar-refractivity contribution < 1.29 is 9.69 Å². The Labute approximate surface area is 180 Å². The monoisotopic (exact) mass is 413 g/mol. The standard InChI is InChI=1S/C25H24N4O2/c1-17-12-14-19(15-13-17)26-25(31)23(18-8-4-3-5-9-18)29(2)16-22-27-21-11-7-6-10-20(21)24(30)28-22/h3-15,23H,16H2,1-2H3,(H,26,31)(H,27,28,30)/p+1/t23-/m0/s1. The molecule has 0 bridgehead atoms. The van der Waals surface area contributed by atoms with Crippen molar-refractivity contribution in [2.75, 3.05) is 12.4 Å². The fourth-order valence-corrected chi connectivity index (χ4v) is 3.74. The van der Waals surface area contributed by atoms with E-state index in [2.05, 4.69) is 15.3 Å². The Morgan fingerprint density at radius 2 is 1.68 bits per heavy atom. The van der Waals surface area contributed by atoms with Gasteiger partial charge in [0.15, 0.2) is 11.9 Å². The number of carbonyl (C=O) groups excluding carboxylic acids is 1. The third kappa shape index (κ3) is 4.70. The largest absolute Gasteiger partial charge is 0.321 e. The molecule has 0 aliphatic heterocycles. The summed E-state index contributed by atoms with van der Waals surface area (Å²) in [7, 11) is 1.93. The SMILES string of the molecule is Cc1ccc(NC(=O)[C@H](c2ccccc2)[NH+](C)Cc2nc3ccccc3c(=O)[nH]2)cc1. The highest BCUT2D eigenvalue weighted by Gasteiger charge is 2.30. The molecule has 6 nitrogen and oxygen atoms in total. The Balaban J connectivity index is 1.63. The van der Waals surface area contributed by atoms with E-state index in [1.807, 2.05) is 86.8 Å². The van der Waals surface area contributed by atoms with E-state index in [-0.39, 0.29) is 11.5 Å². The number of nitrogens with one attached hydrogen (secondary N) is 3. The normalized spacial score (nSPS) is 13.0. The molecule has 3 N–H and O–H groups in total. The van der Waals surface area contributed by atoms with E-state index in [1.165, 1.54) is 0 Å². The smallest absolute Gasteiger partial charge is 0.287 e. The van der Waals surface area contributed by atoms with Crippen molar-refractivity contribution in [3.8, 4) is 0 Å². The number of para-hydroxylation sites is 1. The van der Waals surface area contributed by atoms with Gasteiger partial charge < -0.3 is 15.2 Å². The minimum Gasteiger partial charge on any atom is -0.321 e. The number of nitrogens with zero attached hydrogens (tertiary/aromatic N) is 1. The zero-order valence-electron chi connectivity index (χ0n) is 17.6. The lowest BCUT2D eigenvalue weighted by Gasteiger charge is -2.24. The highest BCUT2D eigenvalue weighted by molar-refractivity contribution is 5.94. The number of carbonyl (C=O) groups is 1. The van der Waals surface area contributed by atoms with Gasteiger partial charge >= 0.3 is 0 Å². The molecule has 4 rings (SSSR count). The molecule has 0 aliphatic rings. The average Bonchev–Trinajstić information content (AvgIpc) is 2.76. The number of hydrogen-bond acceptors (Lipinski definition) is 3. The van der Waals surface area contributed by atoms with Crippen molar-refractivity contribution in [2.45, 2.75) is 19.5 Å². The number of aryl methyl sites for hydroxylation is 1. The summed E-state index contributed by atoms with van der Waals surface area (Å²) >= 11 is 0. The number of likely N-dealkylation sites (N-methyl/N-ethyl adjacent to an activating group) is 1. The molecule has 31 heavy (non-hydrogen) atoms. The van der Waals surface area contributed by atoms with Crippen LogP contribution in [0.2, 0.25) is 0 Å². The number of H-pyrrole nitrogens is 1. The summed E-state index contributed by atoms with van der Waals surface area (Å²) in [5, 5.41) is 3.58. The summed E-state index contributed by atoms with van der Waals surface area (Å²) in [5.41, 5.74) is 3.25. The van der Waals surface area contributed by atoms with Gasteiger partial charge in [-0.15, -0.1) is 0 Å². The highest BCUT2D eigenvalue weighted by atomic mass is 16.2. The van der Waals surface area contributed by atoms with Crippen LogP contribution in [0, 0.1) is 6.92 Å². The topological polar surface area (TPSA) is 79.3 Å². The van der Waals surface area contributed by atoms with Crippen LogP contribution in [0.1, 0.15) is 23.0 Å². The zero-order chi connectivity index (χ0) is 21.8. The van der Waals surface area contributed by atoms with Gasteiger partial charge in [0.05, 0.1) is 18.0 Å². The number of benzene rings is 3.